The summed E-state index contributed by atoms with van der Waals surface area (Å²) in [5.41, 5.74) is 1.53. The smallest absolute Gasteiger partial charge is 0.294 e. The molecular weight excluding hydrogens is 340 g/mol. The number of pyridine rings is 1. The number of rotatable bonds is 5. The van der Waals surface area contributed by atoms with Gasteiger partial charge in [0.2, 0.25) is 5.75 Å². The van der Waals surface area contributed by atoms with E-state index in [1.807, 2.05) is 35.0 Å². The largest absolute Gasteiger partial charge is 0.458 e. The standard InChI is InChI=1S/C17H18N4O3S/c22-16-13(24-15-6-2-4-8-23-15)9-18-17(20-16)25-11-12-10-21-7-3-1-5-14(21)19-12/h1,3,5,7,9-10,15H,2,4,6,8,11H2,(H,18,20,22). The predicted octanol–water partition coefficient (Wildman–Crippen LogP) is 2.62. The van der Waals surface area contributed by atoms with Gasteiger partial charge in [-0.15, -0.1) is 0 Å². The van der Waals surface area contributed by atoms with E-state index >= 15 is 0 Å². The second-order valence-corrected chi connectivity index (χ2v) is 6.75. The molecule has 1 aliphatic rings. The van der Waals surface area contributed by atoms with E-state index in [9.17, 15) is 4.79 Å². The Balaban J connectivity index is 1.40. The average Bonchev–Trinajstić information content (AvgIpc) is 3.06. The fraction of sp³-hybridized carbons (Fsp3) is 0.353. The number of hydrogen-bond donors (Lipinski definition) is 1. The normalized spacial score (nSPS) is 17.7. The minimum Gasteiger partial charge on any atom is -0.458 e. The summed E-state index contributed by atoms with van der Waals surface area (Å²) >= 11 is 1.43. The van der Waals surface area contributed by atoms with Gasteiger partial charge in [0.25, 0.3) is 5.56 Å². The molecule has 0 saturated carbocycles. The molecule has 1 fully saturated rings. The lowest BCUT2D eigenvalue weighted by atomic mass is 10.2. The van der Waals surface area contributed by atoms with Crippen molar-refractivity contribution in [1.29, 1.82) is 0 Å². The topological polar surface area (TPSA) is 81.5 Å². The van der Waals surface area contributed by atoms with Gasteiger partial charge in [0.15, 0.2) is 11.4 Å². The molecule has 25 heavy (non-hydrogen) atoms. The zero-order valence-electron chi connectivity index (χ0n) is 13.6. The summed E-state index contributed by atoms with van der Waals surface area (Å²) in [5.74, 6) is 0.820. The van der Waals surface area contributed by atoms with Gasteiger partial charge in [0.05, 0.1) is 18.5 Å². The van der Waals surface area contributed by atoms with E-state index in [0.717, 1.165) is 30.6 Å². The number of H-pyrrole nitrogens is 1. The van der Waals surface area contributed by atoms with E-state index < -0.39 is 0 Å². The molecule has 1 atom stereocenters. The van der Waals surface area contributed by atoms with Crippen molar-refractivity contribution in [2.24, 2.45) is 0 Å². The quantitative estimate of drug-likeness (QED) is 0.558. The highest BCUT2D eigenvalue weighted by atomic mass is 32.2. The molecule has 130 valence electrons. The second-order valence-electron chi connectivity index (χ2n) is 5.78. The molecule has 4 rings (SSSR count). The number of ether oxygens (including phenoxy) is 2. The van der Waals surface area contributed by atoms with Crippen molar-refractivity contribution < 1.29 is 9.47 Å². The number of hydrogen-bond acceptors (Lipinski definition) is 6. The maximum absolute atomic E-state index is 12.2. The van der Waals surface area contributed by atoms with E-state index in [0.29, 0.717) is 17.5 Å². The van der Waals surface area contributed by atoms with Crippen molar-refractivity contribution >= 4 is 17.4 Å². The molecule has 0 aliphatic carbocycles. The number of nitrogens with one attached hydrogen (secondary N) is 1. The molecule has 0 bridgehead atoms. The summed E-state index contributed by atoms with van der Waals surface area (Å²) in [6.45, 7) is 0.670. The molecule has 1 aliphatic heterocycles. The molecule has 1 saturated heterocycles. The first-order chi connectivity index (χ1) is 12.3. The third kappa shape index (κ3) is 3.85. The number of aromatic amines is 1. The molecule has 3 aromatic rings. The molecule has 8 heteroatoms. The molecule has 7 nitrogen and oxygen atoms in total. The van der Waals surface area contributed by atoms with Crippen LogP contribution in [0.25, 0.3) is 5.65 Å². The van der Waals surface area contributed by atoms with Crippen molar-refractivity contribution in [3.63, 3.8) is 0 Å². The zero-order chi connectivity index (χ0) is 17.1. The fourth-order valence-electron chi connectivity index (χ4n) is 2.67. The van der Waals surface area contributed by atoms with Gasteiger partial charge in [-0.05, 0) is 25.0 Å². The molecule has 0 spiro atoms. The van der Waals surface area contributed by atoms with E-state index in [-0.39, 0.29) is 17.6 Å². The number of nitrogens with zero attached hydrogens (tertiary/aromatic N) is 3. The van der Waals surface area contributed by atoms with Gasteiger partial charge in [0.1, 0.15) is 5.65 Å². The van der Waals surface area contributed by atoms with Gasteiger partial charge < -0.3 is 13.9 Å². The lowest BCUT2D eigenvalue weighted by Crippen LogP contribution is -2.27. The SMILES string of the molecule is O=c1[nH]c(SCc2cn3ccccc3n2)ncc1OC1CCCCO1. The van der Waals surface area contributed by atoms with Gasteiger partial charge in [-0.1, -0.05) is 17.8 Å². The summed E-state index contributed by atoms with van der Waals surface area (Å²) in [6, 6.07) is 5.86. The number of thioether (sulfide) groups is 1. The molecule has 1 N–H and O–H groups in total. The molecule has 0 amide bonds. The van der Waals surface area contributed by atoms with Crippen LogP contribution < -0.4 is 10.3 Å². The molecule has 3 aromatic heterocycles. The van der Waals surface area contributed by atoms with Crippen LogP contribution in [0.15, 0.2) is 46.7 Å². The Labute approximate surface area is 148 Å². The van der Waals surface area contributed by atoms with Gasteiger partial charge in [0, 0.05) is 24.6 Å². The highest BCUT2D eigenvalue weighted by Crippen LogP contribution is 2.20. The van der Waals surface area contributed by atoms with E-state index in [1.54, 1.807) is 0 Å². The minimum atomic E-state index is -0.354. The number of fused-ring (bicyclic) bond motifs is 1. The maximum Gasteiger partial charge on any atom is 0.294 e. The average molecular weight is 358 g/mol. The van der Waals surface area contributed by atoms with Gasteiger partial charge in [-0.25, -0.2) is 9.97 Å². The first-order valence-corrected chi connectivity index (χ1v) is 9.19. The maximum atomic E-state index is 12.2. The Morgan fingerprint density at radius 3 is 3.16 bits per heavy atom. The summed E-state index contributed by atoms with van der Waals surface area (Å²) in [7, 11) is 0. The monoisotopic (exact) mass is 358 g/mol. The lowest BCUT2D eigenvalue weighted by molar-refractivity contribution is -0.106. The molecular formula is C17H18N4O3S. The van der Waals surface area contributed by atoms with Crippen molar-refractivity contribution in [1.82, 2.24) is 19.4 Å². The first-order valence-electron chi connectivity index (χ1n) is 8.21. The Hall–Kier alpha value is -2.32. The molecule has 0 aromatic carbocycles. The highest BCUT2D eigenvalue weighted by Gasteiger charge is 2.17. The van der Waals surface area contributed by atoms with Crippen LogP contribution in [-0.2, 0) is 10.5 Å². The summed E-state index contributed by atoms with van der Waals surface area (Å²) < 4.78 is 13.0. The predicted molar refractivity (Wildman–Crippen MR) is 93.8 cm³/mol. The fourth-order valence-corrected chi connectivity index (χ4v) is 3.38. The van der Waals surface area contributed by atoms with Crippen molar-refractivity contribution in [3.8, 4) is 5.75 Å². The Morgan fingerprint density at radius 2 is 2.36 bits per heavy atom. The Bertz CT molecular complexity index is 884. The van der Waals surface area contributed by atoms with E-state index in [1.165, 1.54) is 18.0 Å². The Kier molecular flexibility index (Phi) is 4.71. The van der Waals surface area contributed by atoms with Gasteiger partial charge in [-0.3, -0.25) is 9.78 Å². The van der Waals surface area contributed by atoms with Crippen molar-refractivity contribution in [3.05, 3.63) is 52.8 Å². The molecule has 0 radical (unpaired) electrons. The molecule has 4 heterocycles. The summed E-state index contributed by atoms with van der Waals surface area (Å²) in [4.78, 5) is 23.7. The third-order valence-electron chi connectivity index (χ3n) is 3.91. The highest BCUT2D eigenvalue weighted by molar-refractivity contribution is 7.98. The van der Waals surface area contributed by atoms with Crippen LogP contribution in [0.4, 0.5) is 0 Å². The van der Waals surface area contributed by atoms with Crippen LogP contribution in [0, 0.1) is 0 Å². The molecule has 1 unspecified atom stereocenters. The second kappa shape index (κ2) is 7.28. The first kappa shape index (κ1) is 16.2. The van der Waals surface area contributed by atoms with Crippen LogP contribution in [0.5, 0.6) is 5.75 Å². The van der Waals surface area contributed by atoms with E-state index in [2.05, 4.69) is 15.0 Å². The van der Waals surface area contributed by atoms with Crippen molar-refractivity contribution in [2.45, 2.75) is 36.5 Å². The zero-order valence-corrected chi connectivity index (χ0v) is 14.4. The summed E-state index contributed by atoms with van der Waals surface area (Å²) in [6.07, 6.45) is 7.91. The van der Waals surface area contributed by atoms with Crippen molar-refractivity contribution in [2.75, 3.05) is 6.61 Å². The van der Waals surface area contributed by atoms with Crippen LogP contribution >= 0.6 is 11.8 Å². The van der Waals surface area contributed by atoms with Crippen LogP contribution in [-0.4, -0.2) is 32.2 Å². The lowest BCUT2D eigenvalue weighted by Gasteiger charge is -2.22. The number of imidazole rings is 1. The van der Waals surface area contributed by atoms with Crippen LogP contribution in [0.3, 0.4) is 0 Å². The van der Waals surface area contributed by atoms with Gasteiger partial charge >= 0.3 is 0 Å². The van der Waals surface area contributed by atoms with Crippen LogP contribution in [0.1, 0.15) is 25.0 Å². The Morgan fingerprint density at radius 1 is 1.40 bits per heavy atom. The van der Waals surface area contributed by atoms with E-state index in [4.69, 9.17) is 9.47 Å². The number of aromatic nitrogens is 4. The minimum absolute atomic E-state index is 0.198. The third-order valence-corrected chi connectivity index (χ3v) is 4.83. The van der Waals surface area contributed by atoms with Gasteiger partial charge in [-0.2, -0.15) is 0 Å². The van der Waals surface area contributed by atoms with Crippen LogP contribution in [0.2, 0.25) is 0 Å². The summed E-state index contributed by atoms with van der Waals surface area (Å²) in [5, 5.41) is 0.541.